The molecule has 7 heteroatoms. The maximum Gasteiger partial charge on any atom is 0.338 e. The number of nitrogens with one attached hydrogen (secondary N) is 2. The molecule has 0 aliphatic carbocycles. The third-order valence-electron chi connectivity index (χ3n) is 4.10. The number of aromatic nitrogens is 2. The van der Waals surface area contributed by atoms with Crippen molar-refractivity contribution in [3.63, 3.8) is 0 Å². The highest BCUT2D eigenvalue weighted by Gasteiger charge is 2.10. The minimum absolute atomic E-state index is 0.313. The van der Waals surface area contributed by atoms with Gasteiger partial charge in [0.25, 0.3) is 5.91 Å². The van der Waals surface area contributed by atoms with Gasteiger partial charge in [0.1, 0.15) is 0 Å². The Morgan fingerprint density at radius 2 is 1.72 bits per heavy atom. The standard InChI is InChI=1S/C22H22N4O3/c1-3-29-21(28)17-7-9-19(10-8-17)26-20(27)18-13-24-22(25-14-18)23-12-16-6-4-5-15(2)11-16/h4-11,13-14H,3,12H2,1-2H3,(H,26,27)(H,23,24,25). The summed E-state index contributed by atoms with van der Waals surface area (Å²) in [5.41, 5.74) is 3.64. The molecule has 2 N–H and O–H groups in total. The van der Waals surface area contributed by atoms with Crippen LogP contribution in [-0.2, 0) is 11.3 Å². The van der Waals surface area contributed by atoms with Crippen molar-refractivity contribution in [3.8, 4) is 0 Å². The van der Waals surface area contributed by atoms with Crippen molar-refractivity contribution in [2.24, 2.45) is 0 Å². The Balaban J connectivity index is 1.56. The third-order valence-corrected chi connectivity index (χ3v) is 4.10. The molecule has 0 unspecified atom stereocenters. The molecule has 2 aromatic carbocycles. The highest BCUT2D eigenvalue weighted by molar-refractivity contribution is 6.04. The number of hydrogen-bond donors (Lipinski definition) is 2. The van der Waals surface area contributed by atoms with Crippen LogP contribution < -0.4 is 10.6 Å². The van der Waals surface area contributed by atoms with Crippen LogP contribution in [0.2, 0.25) is 0 Å². The number of benzene rings is 2. The lowest BCUT2D eigenvalue weighted by Gasteiger charge is -2.08. The zero-order chi connectivity index (χ0) is 20.6. The van der Waals surface area contributed by atoms with Gasteiger partial charge in [-0.2, -0.15) is 0 Å². The van der Waals surface area contributed by atoms with Crippen molar-refractivity contribution >= 4 is 23.5 Å². The normalized spacial score (nSPS) is 10.3. The molecule has 0 radical (unpaired) electrons. The van der Waals surface area contributed by atoms with E-state index in [1.807, 2.05) is 25.1 Å². The van der Waals surface area contributed by atoms with E-state index >= 15 is 0 Å². The van der Waals surface area contributed by atoms with Crippen LogP contribution in [0.5, 0.6) is 0 Å². The molecule has 0 fully saturated rings. The number of carbonyl (C=O) groups is 2. The van der Waals surface area contributed by atoms with Crippen LogP contribution in [0.1, 0.15) is 38.8 Å². The van der Waals surface area contributed by atoms with Crippen LogP contribution in [0.15, 0.2) is 60.9 Å². The summed E-state index contributed by atoms with van der Waals surface area (Å²) in [7, 11) is 0. The number of aryl methyl sites for hydroxylation is 1. The lowest BCUT2D eigenvalue weighted by atomic mass is 10.1. The Bertz CT molecular complexity index is 986. The number of rotatable bonds is 7. The molecule has 0 saturated carbocycles. The van der Waals surface area contributed by atoms with Crippen LogP contribution in [0.25, 0.3) is 0 Å². The third kappa shape index (κ3) is 5.62. The van der Waals surface area contributed by atoms with Gasteiger partial charge in [0.15, 0.2) is 0 Å². The second-order valence-corrected chi connectivity index (χ2v) is 6.39. The lowest BCUT2D eigenvalue weighted by molar-refractivity contribution is 0.0526. The first kappa shape index (κ1) is 20.0. The Morgan fingerprint density at radius 1 is 1.00 bits per heavy atom. The van der Waals surface area contributed by atoms with Crippen molar-refractivity contribution in [1.29, 1.82) is 0 Å². The van der Waals surface area contributed by atoms with Gasteiger partial charge in [-0.3, -0.25) is 4.79 Å². The summed E-state index contributed by atoms with van der Waals surface area (Å²) in [5.74, 6) is -0.284. The largest absolute Gasteiger partial charge is 0.462 e. The second kappa shape index (κ2) is 9.45. The average Bonchev–Trinajstić information content (AvgIpc) is 2.73. The fourth-order valence-corrected chi connectivity index (χ4v) is 2.65. The predicted octanol–water partition coefficient (Wildman–Crippen LogP) is 3.83. The summed E-state index contributed by atoms with van der Waals surface area (Å²) in [6, 6.07) is 14.6. The van der Waals surface area contributed by atoms with Crippen molar-refractivity contribution in [3.05, 3.63) is 83.2 Å². The fourth-order valence-electron chi connectivity index (χ4n) is 2.65. The van der Waals surface area contributed by atoms with Crippen molar-refractivity contribution in [2.45, 2.75) is 20.4 Å². The number of anilines is 2. The number of nitrogens with zero attached hydrogens (tertiary/aromatic N) is 2. The highest BCUT2D eigenvalue weighted by atomic mass is 16.5. The highest BCUT2D eigenvalue weighted by Crippen LogP contribution is 2.13. The monoisotopic (exact) mass is 390 g/mol. The van der Waals surface area contributed by atoms with Crippen LogP contribution >= 0.6 is 0 Å². The smallest absolute Gasteiger partial charge is 0.338 e. The topological polar surface area (TPSA) is 93.2 Å². The molecule has 148 valence electrons. The molecule has 3 aromatic rings. The molecule has 0 spiro atoms. The molecule has 1 heterocycles. The summed E-state index contributed by atoms with van der Waals surface area (Å²) >= 11 is 0. The van der Waals surface area contributed by atoms with Gasteiger partial charge >= 0.3 is 5.97 Å². The number of carbonyl (C=O) groups excluding carboxylic acids is 2. The molecule has 0 aliphatic rings. The van der Waals surface area contributed by atoms with Crippen LogP contribution in [0.4, 0.5) is 11.6 Å². The zero-order valence-corrected chi connectivity index (χ0v) is 16.3. The quantitative estimate of drug-likeness (QED) is 0.596. The Morgan fingerprint density at radius 3 is 2.38 bits per heavy atom. The number of hydrogen-bond acceptors (Lipinski definition) is 6. The maximum atomic E-state index is 12.4. The van der Waals surface area contributed by atoms with Gasteiger partial charge in [-0.05, 0) is 43.7 Å². The van der Waals surface area contributed by atoms with E-state index in [-0.39, 0.29) is 5.91 Å². The molecule has 7 nitrogen and oxygen atoms in total. The number of ether oxygens (including phenoxy) is 1. The molecule has 0 aliphatic heterocycles. The molecular weight excluding hydrogens is 368 g/mol. The fraction of sp³-hybridized carbons (Fsp3) is 0.182. The minimum atomic E-state index is -0.396. The van der Waals surface area contributed by atoms with Crippen LogP contribution in [-0.4, -0.2) is 28.5 Å². The molecule has 29 heavy (non-hydrogen) atoms. The van der Waals surface area contributed by atoms with Gasteiger partial charge < -0.3 is 15.4 Å². The molecule has 0 atom stereocenters. The Labute approximate surface area is 169 Å². The van der Waals surface area contributed by atoms with Crippen LogP contribution in [0, 0.1) is 6.92 Å². The van der Waals surface area contributed by atoms with Gasteiger partial charge in [-0.15, -0.1) is 0 Å². The van der Waals surface area contributed by atoms with Gasteiger partial charge in [0, 0.05) is 24.6 Å². The second-order valence-electron chi connectivity index (χ2n) is 6.39. The first-order chi connectivity index (χ1) is 14.0. The molecule has 1 aromatic heterocycles. The minimum Gasteiger partial charge on any atom is -0.462 e. The van der Waals surface area contributed by atoms with E-state index in [9.17, 15) is 9.59 Å². The summed E-state index contributed by atoms with van der Waals surface area (Å²) < 4.78 is 4.93. The van der Waals surface area contributed by atoms with E-state index in [2.05, 4.69) is 26.7 Å². The first-order valence-corrected chi connectivity index (χ1v) is 9.25. The van der Waals surface area contributed by atoms with E-state index in [4.69, 9.17) is 4.74 Å². The first-order valence-electron chi connectivity index (χ1n) is 9.25. The SMILES string of the molecule is CCOC(=O)c1ccc(NC(=O)c2cnc(NCc3cccc(C)c3)nc2)cc1. The van der Waals surface area contributed by atoms with Gasteiger partial charge in [0.05, 0.1) is 17.7 Å². The Kier molecular flexibility index (Phi) is 6.52. The predicted molar refractivity (Wildman–Crippen MR) is 111 cm³/mol. The van der Waals surface area contributed by atoms with Gasteiger partial charge in [-0.25, -0.2) is 14.8 Å². The molecular formula is C22H22N4O3. The zero-order valence-electron chi connectivity index (χ0n) is 16.3. The Hall–Kier alpha value is -3.74. The summed E-state index contributed by atoms with van der Waals surface area (Å²) in [6.45, 7) is 4.70. The average molecular weight is 390 g/mol. The summed E-state index contributed by atoms with van der Waals surface area (Å²) in [6.07, 6.45) is 2.93. The van der Waals surface area contributed by atoms with Crippen molar-refractivity contribution in [2.75, 3.05) is 17.2 Å². The molecule has 1 amide bonds. The van der Waals surface area contributed by atoms with E-state index < -0.39 is 5.97 Å². The summed E-state index contributed by atoms with van der Waals surface area (Å²) in [5, 5.41) is 5.88. The number of amides is 1. The van der Waals surface area contributed by atoms with E-state index in [1.165, 1.54) is 18.0 Å². The van der Waals surface area contributed by atoms with Gasteiger partial charge in [0.2, 0.25) is 5.95 Å². The summed E-state index contributed by atoms with van der Waals surface area (Å²) in [4.78, 5) is 32.4. The van der Waals surface area contributed by atoms with E-state index in [0.717, 1.165) is 5.56 Å². The molecule has 0 saturated heterocycles. The number of esters is 1. The van der Waals surface area contributed by atoms with E-state index in [0.29, 0.717) is 35.9 Å². The molecule has 0 bridgehead atoms. The van der Waals surface area contributed by atoms with E-state index in [1.54, 1.807) is 31.2 Å². The van der Waals surface area contributed by atoms with Crippen LogP contribution in [0.3, 0.4) is 0 Å². The lowest BCUT2D eigenvalue weighted by Crippen LogP contribution is -2.13. The molecule has 3 rings (SSSR count). The van der Waals surface area contributed by atoms with Crippen molar-refractivity contribution < 1.29 is 14.3 Å². The van der Waals surface area contributed by atoms with Gasteiger partial charge in [-0.1, -0.05) is 29.8 Å². The maximum absolute atomic E-state index is 12.4. The van der Waals surface area contributed by atoms with Crippen molar-refractivity contribution in [1.82, 2.24) is 9.97 Å².